The lowest BCUT2D eigenvalue weighted by molar-refractivity contribution is 0.596. The number of nitrogens with one attached hydrogen (secondary N) is 1. The van der Waals surface area contributed by atoms with Gasteiger partial charge in [-0.25, -0.2) is 9.98 Å². The van der Waals surface area contributed by atoms with Crippen LogP contribution in [0.25, 0.3) is 10.5 Å². The number of anilines is 1. The molecule has 0 saturated heterocycles. The van der Waals surface area contributed by atoms with Crippen LogP contribution in [0.15, 0.2) is 46.0 Å². The van der Waals surface area contributed by atoms with Crippen LogP contribution in [0.1, 0.15) is 17.5 Å². The van der Waals surface area contributed by atoms with Crippen LogP contribution in [-0.2, 0) is 16.4 Å². The lowest BCUT2D eigenvalue weighted by atomic mass is 10.1. The third-order valence-electron chi connectivity index (χ3n) is 4.17. The Morgan fingerprint density at radius 2 is 2.14 bits per heavy atom. The molecule has 0 amide bonds. The van der Waals surface area contributed by atoms with E-state index in [0.717, 1.165) is 29.5 Å². The lowest BCUT2D eigenvalue weighted by Crippen LogP contribution is -2.21. The number of hydrogen-bond acceptors (Lipinski definition) is 5. The summed E-state index contributed by atoms with van der Waals surface area (Å²) in [4.78, 5) is 8.52. The number of halogens is 2. The molecule has 0 unspecified atom stereocenters. The van der Waals surface area contributed by atoms with E-state index in [1.807, 2.05) is 12.1 Å². The van der Waals surface area contributed by atoms with Crippen molar-refractivity contribution in [3.8, 4) is 0 Å². The number of rotatable bonds is 4. The molecule has 2 aromatic heterocycles. The topological polar surface area (TPSA) is 128 Å². The van der Waals surface area contributed by atoms with E-state index in [-0.39, 0.29) is 28.5 Å². The van der Waals surface area contributed by atoms with Crippen molar-refractivity contribution in [2.24, 2.45) is 16.5 Å². The van der Waals surface area contributed by atoms with Crippen LogP contribution in [0.2, 0.25) is 5.15 Å². The Kier molecular flexibility index (Phi) is 5.57. The molecular weight excluding hydrogens is 443 g/mol. The fraction of sp³-hybridized carbons (Fsp3) is 0.125. The molecule has 28 heavy (non-hydrogen) atoms. The minimum absolute atomic E-state index is 0. The van der Waals surface area contributed by atoms with Crippen LogP contribution < -0.4 is 16.2 Å². The lowest BCUT2D eigenvalue weighted by Gasteiger charge is -2.09. The summed E-state index contributed by atoms with van der Waals surface area (Å²) in [6.45, 7) is 0. The van der Waals surface area contributed by atoms with Crippen molar-refractivity contribution >= 4 is 67.5 Å². The van der Waals surface area contributed by atoms with Crippen molar-refractivity contribution in [1.29, 1.82) is 0 Å². The SMILES string of the molecule is Cl.NC(N)=N/C=C1/CCc2cc(NS(=O)(=O)c3c(Cl)nc4sccn34)ccc21. The monoisotopic (exact) mass is 458 g/mol. The number of imidazole rings is 1. The molecule has 0 bridgehead atoms. The third-order valence-corrected chi connectivity index (χ3v) is 6.71. The van der Waals surface area contributed by atoms with Crippen LogP contribution in [0.4, 0.5) is 5.69 Å². The molecule has 2 heterocycles. The van der Waals surface area contributed by atoms with E-state index in [1.165, 1.54) is 15.7 Å². The van der Waals surface area contributed by atoms with Crippen molar-refractivity contribution in [3.63, 3.8) is 0 Å². The highest BCUT2D eigenvalue weighted by Gasteiger charge is 2.26. The van der Waals surface area contributed by atoms with Crippen molar-refractivity contribution in [3.05, 3.63) is 52.3 Å². The number of aliphatic imine (C=N–C) groups is 1. The highest BCUT2D eigenvalue weighted by molar-refractivity contribution is 7.92. The number of fused-ring (bicyclic) bond motifs is 2. The Morgan fingerprint density at radius 1 is 1.36 bits per heavy atom. The summed E-state index contributed by atoms with van der Waals surface area (Å²) in [5, 5.41) is 1.62. The minimum Gasteiger partial charge on any atom is -0.370 e. The summed E-state index contributed by atoms with van der Waals surface area (Å²) < 4.78 is 29.7. The van der Waals surface area contributed by atoms with Gasteiger partial charge in [-0.3, -0.25) is 9.12 Å². The number of aromatic nitrogens is 2. The predicted molar refractivity (Wildman–Crippen MR) is 115 cm³/mol. The van der Waals surface area contributed by atoms with Gasteiger partial charge in [-0.15, -0.1) is 23.7 Å². The molecule has 12 heteroatoms. The number of guanidine groups is 1. The van der Waals surface area contributed by atoms with Crippen LogP contribution in [0.3, 0.4) is 0 Å². The van der Waals surface area contributed by atoms with Gasteiger partial charge in [0.05, 0.1) is 0 Å². The quantitative estimate of drug-likeness (QED) is 0.408. The Bertz CT molecular complexity index is 1210. The van der Waals surface area contributed by atoms with E-state index in [1.54, 1.807) is 23.8 Å². The van der Waals surface area contributed by atoms with E-state index >= 15 is 0 Å². The first-order valence-corrected chi connectivity index (χ1v) is 10.6. The Morgan fingerprint density at radius 3 is 2.89 bits per heavy atom. The molecule has 0 aliphatic heterocycles. The van der Waals surface area contributed by atoms with Crippen molar-refractivity contribution in [2.75, 3.05) is 4.72 Å². The van der Waals surface area contributed by atoms with Crippen LogP contribution in [-0.4, -0.2) is 23.8 Å². The van der Waals surface area contributed by atoms with E-state index in [9.17, 15) is 8.42 Å². The third kappa shape index (κ3) is 3.68. The first-order chi connectivity index (χ1) is 12.8. The van der Waals surface area contributed by atoms with Gasteiger partial charge >= 0.3 is 0 Å². The summed E-state index contributed by atoms with van der Waals surface area (Å²) >= 11 is 7.36. The Balaban J connectivity index is 0.00000225. The second-order valence-electron chi connectivity index (χ2n) is 5.95. The molecule has 0 fully saturated rings. The molecule has 4 rings (SSSR count). The molecule has 0 saturated carbocycles. The summed E-state index contributed by atoms with van der Waals surface area (Å²) in [5.41, 5.74) is 14.2. The van der Waals surface area contributed by atoms with Gasteiger partial charge in [0.15, 0.2) is 21.1 Å². The maximum Gasteiger partial charge on any atom is 0.281 e. The van der Waals surface area contributed by atoms with Gasteiger partial charge in [-0.05, 0) is 41.7 Å². The van der Waals surface area contributed by atoms with Crippen molar-refractivity contribution < 1.29 is 8.42 Å². The number of aryl methyl sites for hydroxylation is 1. The number of benzene rings is 1. The minimum atomic E-state index is -3.89. The highest BCUT2D eigenvalue weighted by atomic mass is 35.5. The van der Waals surface area contributed by atoms with Gasteiger partial charge in [-0.1, -0.05) is 17.7 Å². The molecule has 148 valence electrons. The zero-order chi connectivity index (χ0) is 19.2. The number of sulfonamides is 1. The molecule has 3 aromatic rings. The first-order valence-electron chi connectivity index (χ1n) is 7.90. The fourth-order valence-electron chi connectivity index (χ4n) is 3.05. The van der Waals surface area contributed by atoms with Crippen LogP contribution in [0, 0.1) is 0 Å². The van der Waals surface area contributed by atoms with Gasteiger partial charge in [-0.2, -0.15) is 8.42 Å². The molecule has 1 aromatic carbocycles. The molecule has 8 nitrogen and oxygen atoms in total. The molecule has 0 spiro atoms. The summed E-state index contributed by atoms with van der Waals surface area (Å²) in [6, 6.07) is 5.36. The van der Waals surface area contributed by atoms with E-state index < -0.39 is 10.0 Å². The average Bonchev–Trinajstić information content (AvgIpc) is 3.25. The van der Waals surface area contributed by atoms with Gasteiger partial charge in [0.25, 0.3) is 10.0 Å². The smallest absolute Gasteiger partial charge is 0.281 e. The van der Waals surface area contributed by atoms with Crippen LogP contribution in [0.5, 0.6) is 0 Å². The number of nitrogens with two attached hydrogens (primary N) is 2. The summed E-state index contributed by atoms with van der Waals surface area (Å²) in [7, 11) is -3.89. The number of allylic oxidation sites excluding steroid dienone is 1. The number of hydrogen-bond donors (Lipinski definition) is 3. The molecule has 0 atom stereocenters. The van der Waals surface area contributed by atoms with Gasteiger partial charge in [0.2, 0.25) is 0 Å². The largest absolute Gasteiger partial charge is 0.370 e. The molecular formula is C16H16Cl2N6O2S2. The van der Waals surface area contributed by atoms with Crippen LogP contribution >= 0.6 is 35.3 Å². The summed E-state index contributed by atoms with van der Waals surface area (Å²) in [6.07, 6.45) is 4.83. The normalized spacial score (nSPS) is 14.7. The maximum atomic E-state index is 12.8. The molecule has 1 aliphatic carbocycles. The molecule has 1 aliphatic rings. The Labute approximate surface area is 176 Å². The van der Waals surface area contributed by atoms with Crippen molar-refractivity contribution in [1.82, 2.24) is 9.38 Å². The van der Waals surface area contributed by atoms with Gasteiger partial charge < -0.3 is 11.5 Å². The number of nitrogens with zero attached hydrogens (tertiary/aromatic N) is 3. The predicted octanol–water partition coefficient (Wildman–Crippen LogP) is 2.83. The van der Waals surface area contributed by atoms with Gasteiger partial charge in [0, 0.05) is 23.5 Å². The zero-order valence-electron chi connectivity index (χ0n) is 14.3. The zero-order valence-corrected chi connectivity index (χ0v) is 17.5. The highest BCUT2D eigenvalue weighted by Crippen LogP contribution is 2.35. The fourth-order valence-corrected chi connectivity index (χ4v) is 5.56. The summed E-state index contributed by atoms with van der Waals surface area (Å²) in [5.74, 6) is -0.00207. The van der Waals surface area contributed by atoms with E-state index in [2.05, 4.69) is 14.7 Å². The van der Waals surface area contributed by atoms with E-state index in [4.69, 9.17) is 23.1 Å². The van der Waals surface area contributed by atoms with Crippen molar-refractivity contribution in [2.45, 2.75) is 17.9 Å². The standard InChI is InChI=1S/C16H15ClN6O2S2.ClH/c17-13-14(23-5-6-26-16(23)21-13)27(24,25)22-11-3-4-12-9(7-11)1-2-10(12)8-20-15(18)19;/h3-8,22H,1-2H2,(H4,18,19,20);1H/b10-8-;. The molecule has 0 radical (unpaired) electrons. The second kappa shape index (κ2) is 7.63. The van der Waals surface area contributed by atoms with E-state index in [0.29, 0.717) is 10.6 Å². The number of thiazole rings is 1. The molecule has 5 N–H and O–H groups in total. The Hall–Kier alpha value is -2.27. The van der Waals surface area contributed by atoms with Gasteiger partial charge in [0.1, 0.15) is 0 Å². The second-order valence-corrected chi connectivity index (χ2v) is 8.78. The average molecular weight is 459 g/mol. The first kappa shape index (κ1) is 20.5. The maximum absolute atomic E-state index is 12.8.